The molecule has 1 N–H and O–H groups in total. The highest BCUT2D eigenvalue weighted by atomic mass is 19.1. The molecule has 0 fully saturated rings. The van der Waals surface area contributed by atoms with E-state index in [2.05, 4.69) is 20.2 Å². The fraction of sp³-hybridized carbons (Fsp3) is 0.292. The Morgan fingerprint density at radius 1 is 1.23 bits per heavy atom. The summed E-state index contributed by atoms with van der Waals surface area (Å²) < 4.78 is 18.7. The average Bonchev–Trinajstić information content (AvgIpc) is 3.17. The molecule has 4 rings (SSSR count). The van der Waals surface area contributed by atoms with Crippen LogP contribution in [-0.2, 0) is 17.6 Å². The van der Waals surface area contributed by atoms with E-state index in [4.69, 9.17) is 4.74 Å². The van der Waals surface area contributed by atoms with Crippen molar-refractivity contribution in [2.24, 2.45) is 0 Å². The number of benzene rings is 2. The summed E-state index contributed by atoms with van der Waals surface area (Å²) in [6, 6.07) is 12.7. The minimum atomic E-state index is -0.242. The number of carbonyl (C=O) groups excluding carboxylic acids is 1. The van der Waals surface area contributed by atoms with E-state index in [0.29, 0.717) is 25.1 Å². The highest BCUT2D eigenvalue weighted by molar-refractivity contribution is 5.98. The molecule has 7 heteroatoms. The van der Waals surface area contributed by atoms with Crippen molar-refractivity contribution in [1.82, 2.24) is 15.3 Å². The molecule has 2 heterocycles. The average molecular weight is 420 g/mol. The number of nitrogens with zero attached hydrogens (tertiary/aromatic N) is 3. The maximum absolute atomic E-state index is 13.7. The number of hydrogen-bond acceptors (Lipinski definition) is 5. The highest BCUT2D eigenvalue weighted by Crippen LogP contribution is 2.35. The van der Waals surface area contributed by atoms with E-state index in [-0.39, 0.29) is 11.7 Å². The van der Waals surface area contributed by atoms with Gasteiger partial charge in [-0.3, -0.25) is 4.79 Å². The predicted octanol–water partition coefficient (Wildman–Crippen LogP) is 3.59. The van der Waals surface area contributed by atoms with Crippen LogP contribution in [-0.4, -0.2) is 42.7 Å². The van der Waals surface area contributed by atoms with Gasteiger partial charge in [0.1, 0.15) is 18.0 Å². The zero-order valence-corrected chi connectivity index (χ0v) is 17.7. The lowest BCUT2D eigenvalue weighted by molar-refractivity contribution is 0.0936. The third-order valence-corrected chi connectivity index (χ3v) is 5.34. The third-order valence-electron chi connectivity index (χ3n) is 5.34. The van der Waals surface area contributed by atoms with Crippen molar-refractivity contribution in [3.05, 3.63) is 82.6 Å². The van der Waals surface area contributed by atoms with Crippen molar-refractivity contribution in [1.29, 1.82) is 0 Å². The van der Waals surface area contributed by atoms with Crippen LogP contribution in [0.1, 0.15) is 32.7 Å². The Bertz CT molecular complexity index is 1080. The number of nitrogens with one attached hydrogen (secondary N) is 1. The van der Waals surface area contributed by atoms with E-state index < -0.39 is 0 Å². The molecule has 1 aliphatic rings. The Kier molecular flexibility index (Phi) is 6.23. The van der Waals surface area contributed by atoms with Crippen molar-refractivity contribution < 1.29 is 13.9 Å². The van der Waals surface area contributed by atoms with Crippen LogP contribution < -0.4 is 10.2 Å². The molecular formula is C24H25FN4O2. The summed E-state index contributed by atoms with van der Waals surface area (Å²) in [5.74, 6) is 0.434. The normalized spacial score (nSPS) is 12.7. The number of anilines is 2. The van der Waals surface area contributed by atoms with Crippen LogP contribution in [0.25, 0.3) is 0 Å². The van der Waals surface area contributed by atoms with Crippen molar-refractivity contribution in [2.75, 3.05) is 31.7 Å². The van der Waals surface area contributed by atoms with Crippen LogP contribution in [0, 0.1) is 12.7 Å². The minimum Gasteiger partial charge on any atom is -0.383 e. The van der Waals surface area contributed by atoms with Gasteiger partial charge in [0, 0.05) is 43.9 Å². The molecule has 0 atom stereocenters. The van der Waals surface area contributed by atoms with E-state index >= 15 is 0 Å². The van der Waals surface area contributed by atoms with Crippen LogP contribution in [0.4, 0.5) is 15.9 Å². The second-order valence-corrected chi connectivity index (χ2v) is 7.63. The molecule has 0 saturated carbocycles. The monoisotopic (exact) mass is 420 g/mol. The molecule has 0 spiro atoms. The van der Waals surface area contributed by atoms with Crippen molar-refractivity contribution in [3.8, 4) is 0 Å². The van der Waals surface area contributed by atoms with Crippen LogP contribution in [0.3, 0.4) is 0 Å². The molecule has 31 heavy (non-hydrogen) atoms. The first-order valence-electron chi connectivity index (χ1n) is 10.3. The molecule has 0 bridgehead atoms. The predicted molar refractivity (Wildman–Crippen MR) is 117 cm³/mol. The van der Waals surface area contributed by atoms with Crippen molar-refractivity contribution in [3.63, 3.8) is 0 Å². The molecule has 1 aliphatic heterocycles. The van der Waals surface area contributed by atoms with Gasteiger partial charge in [0.05, 0.1) is 12.3 Å². The molecule has 2 aromatic carbocycles. The van der Waals surface area contributed by atoms with Gasteiger partial charge in [0.25, 0.3) is 5.91 Å². The number of fused-ring (bicyclic) bond motifs is 1. The van der Waals surface area contributed by atoms with Crippen LogP contribution in [0.5, 0.6) is 0 Å². The van der Waals surface area contributed by atoms with Gasteiger partial charge in [0.2, 0.25) is 0 Å². The molecule has 6 nitrogen and oxygen atoms in total. The molecular weight excluding hydrogens is 395 g/mol. The topological polar surface area (TPSA) is 67.3 Å². The smallest absolute Gasteiger partial charge is 0.251 e. The summed E-state index contributed by atoms with van der Waals surface area (Å²) in [7, 11) is 1.61. The lowest BCUT2D eigenvalue weighted by atomic mass is 10.0. The molecule has 0 saturated heterocycles. The Morgan fingerprint density at radius 3 is 2.90 bits per heavy atom. The lowest BCUT2D eigenvalue weighted by Crippen LogP contribution is -2.27. The number of aryl methyl sites for hydroxylation is 1. The van der Waals surface area contributed by atoms with E-state index in [9.17, 15) is 9.18 Å². The fourth-order valence-electron chi connectivity index (χ4n) is 4.00. The molecule has 0 aliphatic carbocycles. The maximum Gasteiger partial charge on any atom is 0.251 e. The standard InChI is InChI=1S/C24H25FN4O2/c1-16-10-17(12-18(25)11-16)13-19-14-23(28-15-27-19)29-8-6-20-21(4-3-5-22(20)29)24(30)26-7-9-31-2/h3-5,10-12,14-15H,6-9,13H2,1-2H3,(H,26,30). The molecule has 0 unspecified atom stereocenters. The molecule has 3 aromatic rings. The zero-order valence-electron chi connectivity index (χ0n) is 17.7. The van der Waals surface area contributed by atoms with E-state index in [1.165, 1.54) is 18.5 Å². The number of carbonyl (C=O) groups is 1. The Morgan fingerprint density at radius 2 is 2.10 bits per heavy atom. The summed E-state index contributed by atoms with van der Waals surface area (Å²) in [6.45, 7) is 3.55. The number of hydrogen-bond donors (Lipinski definition) is 1. The largest absolute Gasteiger partial charge is 0.383 e. The maximum atomic E-state index is 13.7. The van der Waals surface area contributed by atoms with Gasteiger partial charge in [-0.05, 0) is 54.3 Å². The molecule has 1 amide bonds. The number of methoxy groups -OCH3 is 1. The summed E-state index contributed by atoms with van der Waals surface area (Å²) in [5.41, 5.74) is 5.24. The number of halogens is 1. The Hall–Kier alpha value is -3.32. The number of ether oxygens (including phenoxy) is 1. The highest BCUT2D eigenvalue weighted by Gasteiger charge is 2.26. The van der Waals surface area contributed by atoms with Gasteiger partial charge < -0.3 is 15.0 Å². The van der Waals surface area contributed by atoms with Crippen molar-refractivity contribution >= 4 is 17.4 Å². The van der Waals surface area contributed by atoms with Gasteiger partial charge in [0.15, 0.2) is 0 Å². The van der Waals surface area contributed by atoms with Gasteiger partial charge >= 0.3 is 0 Å². The van der Waals surface area contributed by atoms with E-state index in [0.717, 1.165) is 46.9 Å². The van der Waals surface area contributed by atoms with Crippen LogP contribution in [0.15, 0.2) is 48.8 Å². The minimum absolute atomic E-state index is 0.0967. The summed E-state index contributed by atoms with van der Waals surface area (Å²) in [4.78, 5) is 23.5. The molecule has 1 aromatic heterocycles. The van der Waals surface area contributed by atoms with Gasteiger partial charge in [-0.2, -0.15) is 0 Å². The number of rotatable bonds is 7. The summed E-state index contributed by atoms with van der Waals surface area (Å²) in [5, 5.41) is 2.89. The van der Waals surface area contributed by atoms with E-state index in [1.807, 2.05) is 37.3 Å². The zero-order chi connectivity index (χ0) is 21.8. The first-order chi connectivity index (χ1) is 15.0. The molecule has 160 valence electrons. The third kappa shape index (κ3) is 4.72. The second kappa shape index (κ2) is 9.22. The summed E-state index contributed by atoms with van der Waals surface area (Å²) >= 11 is 0. The number of amides is 1. The van der Waals surface area contributed by atoms with Crippen LogP contribution in [0.2, 0.25) is 0 Å². The van der Waals surface area contributed by atoms with E-state index in [1.54, 1.807) is 7.11 Å². The summed E-state index contributed by atoms with van der Waals surface area (Å²) in [6.07, 6.45) is 2.82. The van der Waals surface area contributed by atoms with Gasteiger partial charge in [-0.15, -0.1) is 0 Å². The second-order valence-electron chi connectivity index (χ2n) is 7.63. The first kappa shape index (κ1) is 20.9. The van der Waals surface area contributed by atoms with Crippen molar-refractivity contribution in [2.45, 2.75) is 19.8 Å². The Balaban J connectivity index is 1.57. The van der Waals surface area contributed by atoms with Gasteiger partial charge in [-0.1, -0.05) is 12.1 Å². The van der Waals surface area contributed by atoms with Crippen LogP contribution >= 0.6 is 0 Å². The fourth-order valence-corrected chi connectivity index (χ4v) is 4.00. The van der Waals surface area contributed by atoms with Gasteiger partial charge in [-0.25, -0.2) is 14.4 Å². The SMILES string of the molecule is COCCNC(=O)c1cccc2c1CCN2c1cc(Cc2cc(C)cc(F)c2)ncn1. The lowest BCUT2D eigenvalue weighted by Gasteiger charge is -2.19. The quantitative estimate of drug-likeness (QED) is 0.592. The first-order valence-corrected chi connectivity index (χ1v) is 10.3. The number of aromatic nitrogens is 2. The molecule has 0 radical (unpaired) electrons. The Labute approximate surface area is 181 Å².